The summed E-state index contributed by atoms with van der Waals surface area (Å²) in [5.74, 6) is 1.83. The van der Waals surface area contributed by atoms with Crippen molar-refractivity contribution < 1.29 is 4.79 Å². The Labute approximate surface area is 182 Å². The second-order valence-electron chi connectivity index (χ2n) is 8.68. The average molecular weight is 420 g/mol. The van der Waals surface area contributed by atoms with E-state index in [1.165, 1.54) is 25.7 Å². The molecule has 2 fully saturated rings. The van der Waals surface area contributed by atoms with E-state index in [1.807, 2.05) is 24.3 Å². The predicted molar refractivity (Wildman–Crippen MR) is 121 cm³/mol. The summed E-state index contributed by atoms with van der Waals surface area (Å²) in [4.78, 5) is 15.0. The van der Waals surface area contributed by atoms with Gasteiger partial charge >= 0.3 is 0 Å². The molecule has 2 aromatic heterocycles. The summed E-state index contributed by atoms with van der Waals surface area (Å²) < 4.78 is 1.68. The van der Waals surface area contributed by atoms with E-state index in [4.69, 9.17) is 0 Å². The molecule has 1 saturated heterocycles. The molecule has 31 heavy (non-hydrogen) atoms. The van der Waals surface area contributed by atoms with Gasteiger partial charge in [0.2, 0.25) is 5.91 Å². The van der Waals surface area contributed by atoms with E-state index in [0.29, 0.717) is 0 Å². The Morgan fingerprint density at radius 2 is 1.71 bits per heavy atom. The van der Waals surface area contributed by atoms with E-state index in [-0.39, 0.29) is 11.8 Å². The van der Waals surface area contributed by atoms with Gasteiger partial charge in [-0.3, -0.25) is 4.79 Å². The van der Waals surface area contributed by atoms with Gasteiger partial charge in [-0.1, -0.05) is 12.8 Å². The molecule has 2 aliphatic rings. The lowest BCUT2D eigenvalue weighted by Gasteiger charge is -2.32. The molecule has 0 spiro atoms. The van der Waals surface area contributed by atoms with Crippen molar-refractivity contribution in [1.29, 1.82) is 0 Å². The van der Waals surface area contributed by atoms with E-state index < -0.39 is 0 Å². The van der Waals surface area contributed by atoms with Crippen LogP contribution in [0.3, 0.4) is 0 Å². The molecule has 0 bridgehead atoms. The minimum absolute atomic E-state index is 0.0232. The van der Waals surface area contributed by atoms with Gasteiger partial charge in [-0.25, -0.2) is 0 Å². The summed E-state index contributed by atoms with van der Waals surface area (Å²) in [6.45, 7) is 2.66. The lowest BCUT2D eigenvalue weighted by Crippen LogP contribution is -2.38. The van der Waals surface area contributed by atoms with Crippen molar-refractivity contribution >= 4 is 28.7 Å². The number of benzene rings is 1. The molecule has 5 rings (SSSR count). The van der Waals surface area contributed by atoms with Gasteiger partial charge in [-0.05, 0) is 68.0 Å². The first-order valence-electron chi connectivity index (χ1n) is 11.3. The number of nitrogens with one attached hydrogen (secondary N) is 2. The molecule has 3 aromatic rings. The van der Waals surface area contributed by atoms with Crippen LogP contribution in [0.25, 0.3) is 5.65 Å². The maximum atomic E-state index is 12.8. The Morgan fingerprint density at radius 3 is 2.48 bits per heavy atom. The summed E-state index contributed by atoms with van der Waals surface area (Å²) >= 11 is 0. The lowest BCUT2D eigenvalue weighted by atomic mass is 9.96. The molecule has 1 amide bonds. The molecule has 3 heterocycles. The summed E-state index contributed by atoms with van der Waals surface area (Å²) in [5.41, 5.74) is 2.71. The van der Waals surface area contributed by atoms with Crippen LogP contribution >= 0.6 is 0 Å². The van der Waals surface area contributed by atoms with Gasteiger partial charge in [-0.2, -0.15) is 4.52 Å². The first kappa shape index (κ1) is 19.8. The molecule has 8 heteroatoms. The van der Waals surface area contributed by atoms with Crippen LogP contribution in [-0.2, 0) is 4.79 Å². The molecule has 1 aliphatic carbocycles. The standard InChI is InChI=1S/C23H29N7O/c31-23(26-20-7-5-19(6-8-20)24-15-17-3-1-2-4-17)18-11-13-29(14-12-18)22-10-9-21-27-25-16-30(21)28-22/h5-10,16-18,24H,1-4,11-15H2,(H,26,31). The molecule has 0 unspecified atom stereocenters. The Hall–Kier alpha value is -3.16. The quantitative estimate of drug-likeness (QED) is 0.635. The second kappa shape index (κ2) is 8.91. The number of carbonyl (C=O) groups excluding carboxylic acids is 1. The molecule has 162 valence electrons. The van der Waals surface area contributed by atoms with Gasteiger partial charge in [0.25, 0.3) is 0 Å². The zero-order valence-corrected chi connectivity index (χ0v) is 17.7. The van der Waals surface area contributed by atoms with Crippen LogP contribution in [0.15, 0.2) is 42.7 Å². The largest absolute Gasteiger partial charge is 0.385 e. The highest BCUT2D eigenvalue weighted by atomic mass is 16.1. The van der Waals surface area contributed by atoms with Crippen molar-refractivity contribution in [3.63, 3.8) is 0 Å². The highest BCUT2D eigenvalue weighted by Crippen LogP contribution is 2.26. The third-order valence-corrected chi connectivity index (χ3v) is 6.56. The fourth-order valence-electron chi connectivity index (χ4n) is 4.65. The van der Waals surface area contributed by atoms with E-state index in [1.54, 1.807) is 10.8 Å². The zero-order valence-electron chi connectivity index (χ0n) is 17.7. The second-order valence-corrected chi connectivity index (χ2v) is 8.68. The van der Waals surface area contributed by atoms with Gasteiger partial charge in [0.1, 0.15) is 12.1 Å². The number of aromatic nitrogens is 4. The highest BCUT2D eigenvalue weighted by Gasteiger charge is 2.26. The van der Waals surface area contributed by atoms with Crippen LogP contribution in [0.4, 0.5) is 17.2 Å². The third-order valence-electron chi connectivity index (χ3n) is 6.56. The first-order chi connectivity index (χ1) is 15.2. The van der Waals surface area contributed by atoms with E-state index in [2.05, 4.69) is 43.0 Å². The fraction of sp³-hybridized carbons (Fsp3) is 0.478. The van der Waals surface area contributed by atoms with E-state index in [9.17, 15) is 4.79 Å². The number of carbonyl (C=O) groups is 1. The normalized spacial score (nSPS) is 17.9. The van der Waals surface area contributed by atoms with Crippen LogP contribution in [0, 0.1) is 11.8 Å². The predicted octanol–water partition coefficient (Wildman–Crippen LogP) is 3.58. The molecule has 1 aromatic carbocycles. The topological polar surface area (TPSA) is 87.5 Å². The number of rotatable bonds is 6. The van der Waals surface area contributed by atoms with Crippen LogP contribution in [0.1, 0.15) is 38.5 Å². The van der Waals surface area contributed by atoms with Crippen molar-refractivity contribution in [3.8, 4) is 0 Å². The molecule has 0 radical (unpaired) electrons. The smallest absolute Gasteiger partial charge is 0.227 e. The Bertz CT molecular complexity index is 1020. The fourth-order valence-corrected chi connectivity index (χ4v) is 4.65. The van der Waals surface area contributed by atoms with Crippen molar-refractivity contribution in [2.24, 2.45) is 11.8 Å². The van der Waals surface area contributed by atoms with Crippen molar-refractivity contribution in [2.45, 2.75) is 38.5 Å². The van der Waals surface area contributed by atoms with Gasteiger partial charge in [-0.15, -0.1) is 15.3 Å². The monoisotopic (exact) mass is 419 g/mol. The Balaban J connectivity index is 1.11. The van der Waals surface area contributed by atoms with Crippen LogP contribution in [0.5, 0.6) is 0 Å². The summed E-state index contributed by atoms with van der Waals surface area (Å²) in [5, 5.41) is 19.0. The number of piperidine rings is 1. The van der Waals surface area contributed by atoms with Crippen molar-refractivity contribution in [1.82, 2.24) is 19.8 Å². The van der Waals surface area contributed by atoms with Gasteiger partial charge in [0.15, 0.2) is 5.65 Å². The number of nitrogens with zero attached hydrogens (tertiary/aromatic N) is 5. The molecular weight excluding hydrogens is 390 g/mol. The van der Waals surface area contributed by atoms with Crippen molar-refractivity contribution in [2.75, 3.05) is 35.2 Å². The van der Waals surface area contributed by atoms with Gasteiger partial charge in [0.05, 0.1) is 0 Å². The molecule has 0 atom stereocenters. The summed E-state index contributed by atoms with van der Waals surface area (Å²) in [6, 6.07) is 12.0. The molecule has 8 nitrogen and oxygen atoms in total. The first-order valence-corrected chi connectivity index (χ1v) is 11.3. The average Bonchev–Trinajstić information content (AvgIpc) is 3.50. The Morgan fingerprint density at radius 1 is 0.968 bits per heavy atom. The van der Waals surface area contributed by atoms with Crippen LogP contribution in [0.2, 0.25) is 0 Å². The van der Waals surface area contributed by atoms with Crippen molar-refractivity contribution in [3.05, 3.63) is 42.7 Å². The van der Waals surface area contributed by atoms with Crippen LogP contribution in [-0.4, -0.2) is 45.4 Å². The number of anilines is 3. The van der Waals surface area contributed by atoms with Gasteiger partial charge in [0, 0.05) is 36.9 Å². The maximum Gasteiger partial charge on any atom is 0.227 e. The minimum Gasteiger partial charge on any atom is -0.385 e. The van der Waals surface area contributed by atoms with E-state index in [0.717, 1.165) is 61.2 Å². The molecule has 1 aliphatic heterocycles. The maximum absolute atomic E-state index is 12.8. The molecule has 2 N–H and O–H groups in total. The zero-order chi connectivity index (χ0) is 21.0. The summed E-state index contributed by atoms with van der Waals surface area (Å²) in [7, 11) is 0. The molecule has 1 saturated carbocycles. The Kier molecular flexibility index (Phi) is 5.69. The van der Waals surface area contributed by atoms with E-state index >= 15 is 0 Å². The number of amides is 1. The lowest BCUT2D eigenvalue weighted by molar-refractivity contribution is -0.120. The number of fused-ring (bicyclic) bond motifs is 1. The minimum atomic E-state index is 0.0232. The summed E-state index contributed by atoms with van der Waals surface area (Å²) in [6.07, 6.45) is 8.64. The highest BCUT2D eigenvalue weighted by molar-refractivity contribution is 5.92. The van der Waals surface area contributed by atoms with Crippen LogP contribution < -0.4 is 15.5 Å². The van der Waals surface area contributed by atoms with Gasteiger partial charge < -0.3 is 15.5 Å². The number of hydrogen-bond acceptors (Lipinski definition) is 6. The SMILES string of the molecule is O=C(Nc1ccc(NCC2CCCC2)cc1)C1CCN(c2ccc3nncn3n2)CC1. The number of hydrogen-bond donors (Lipinski definition) is 2. The third kappa shape index (κ3) is 4.62. The molecular formula is C23H29N7O.